The minimum Gasteiger partial charge on any atom is -0.322 e. The number of aryl methyl sites for hydroxylation is 3. The van der Waals surface area contributed by atoms with E-state index in [1.807, 2.05) is 20.9 Å². The molecule has 0 bridgehead atoms. The number of hydrogen-bond donors (Lipinski definition) is 1. The van der Waals surface area contributed by atoms with Crippen molar-refractivity contribution < 1.29 is 9.59 Å². The first-order valence-corrected chi connectivity index (χ1v) is 7.60. The number of Topliss-reactive ketones (excluding diaryl/α,β-unsaturated/α-hetero) is 1. The van der Waals surface area contributed by atoms with Crippen LogP contribution >= 0.6 is 0 Å². The van der Waals surface area contributed by atoms with Crippen LogP contribution in [0.4, 0.5) is 5.69 Å². The summed E-state index contributed by atoms with van der Waals surface area (Å²) in [6, 6.07) is 8.59. The molecule has 6 nitrogen and oxygen atoms in total. The van der Waals surface area contributed by atoms with Crippen LogP contribution in [0.15, 0.2) is 30.3 Å². The number of pyridine rings is 1. The Hall–Kier alpha value is -3.02. The van der Waals surface area contributed by atoms with E-state index in [2.05, 4.69) is 15.4 Å². The SMILES string of the molecule is CC(=O)c1ccc(NC(=O)c2cc(C)nc3c2c(C)nn3C)cc1. The maximum absolute atomic E-state index is 12.7. The lowest BCUT2D eigenvalue weighted by Gasteiger charge is -2.08. The van der Waals surface area contributed by atoms with Gasteiger partial charge in [0.15, 0.2) is 11.4 Å². The molecule has 0 fully saturated rings. The second-order valence-corrected chi connectivity index (χ2v) is 5.81. The number of ketones is 1. The van der Waals surface area contributed by atoms with Crippen molar-refractivity contribution in [1.82, 2.24) is 14.8 Å². The molecule has 0 aliphatic heterocycles. The zero-order valence-electron chi connectivity index (χ0n) is 14.0. The van der Waals surface area contributed by atoms with Gasteiger partial charge in [-0.1, -0.05) is 0 Å². The van der Waals surface area contributed by atoms with E-state index in [1.54, 1.807) is 35.0 Å². The van der Waals surface area contributed by atoms with Crippen LogP contribution in [0.1, 0.15) is 39.0 Å². The third-order valence-corrected chi connectivity index (χ3v) is 3.89. The molecule has 2 aromatic heterocycles. The number of carbonyl (C=O) groups is 2. The van der Waals surface area contributed by atoms with Crippen molar-refractivity contribution in [2.24, 2.45) is 7.05 Å². The first kappa shape index (κ1) is 15.9. The van der Waals surface area contributed by atoms with E-state index in [0.717, 1.165) is 16.8 Å². The van der Waals surface area contributed by atoms with E-state index in [4.69, 9.17) is 0 Å². The van der Waals surface area contributed by atoms with Gasteiger partial charge >= 0.3 is 0 Å². The molecule has 0 radical (unpaired) electrons. The van der Waals surface area contributed by atoms with Crippen LogP contribution in [0, 0.1) is 13.8 Å². The molecule has 3 rings (SSSR count). The number of benzene rings is 1. The number of nitrogens with one attached hydrogen (secondary N) is 1. The average molecular weight is 322 g/mol. The summed E-state index contributed by atoms with van der Waals surface area (Å²) in [6.45, 7) is 5.22. The monoisotopic (exact) mass is 322 g/mol. The summed E-state index contributed by atoms with van der Waals surface area (Å²) in [5.74, 6) is -0.234. The van der Waals surface area contributed by atoms with Crippen molar-refractivity contribution in [3.63, 3.8) is 0 Å². The highest BCUT2D eigenvalue weighted by atomic mass is 16.1. The molecule has 0 saturated heterocycles. The number of rotatable bonds is 3. The Labute approximate surface area is 139 Å². The standard InChI is InChI=1S/C18H18N4O2/c1-10-9-15(16-11(2)21-22(4)17(16)19-10)18(24)20-14-7-5-13(6-8-14)12(3)23/h5-9H,1-4H3,(H,20,24). The van der Waals surface area contributed by atoms with Crippen molar-refractivity contribution in [3.8, 4) is 0 Å². The second-order valence-electron chi connectivity index (χ2n) is 5.81. The molecule has 1 N–H and O–H groups in total. The van der Waals surface area contributed by atoms with Crippen molar-refractivity contribution in [2.75, 3.05) is 5.32 Å². The smallest absolute Gasteiger partial charge is 0.256 e. The lowest BCUT2D eigenvalue weighted by molar-refractivity contribution is 0.101. The molecule has 0 saturated carbocycles. The van der Waals surface area contributed by atoms with E-state index >= 15 is 0 Å². The van der Waals surface area contributed by atoms with Crippen molar-refractivity contribution in [1.29, 1.82) is 0 Å². The summed E-state index contributed by atoms with van der Waals surface area (Å²) >= 11 is 0. The van der Waals surface area contributed by atoms with Gasteiger partial charge in [-0.05, 0) is 51.1 Å². The van der Waals surface area contributed by atoms with E-state index in [9.17, 15) is 9.59 Å². The minimum atomic E-state index is -0.225. The van der Waals surface area contributed by atoms with Crippen molar-refractivity contribution in [2.45, 2.75) is 20.8 Å². The van der Waals surface area contributed by atoms with Crippen LogP contribution in [0.5, 0.6) is 0 Å². The number of amides is 1. The van der Waals surface area contributed by atoms with Crippen LogP contribution in [0.3, 0.4) is 0 Å². The highest BCUT2D eigenvalue weighted by Crippen LogP contribution is 2.23. The third kappa shape index (κ3) is 2.78. The Morgan fingerprint density at radius 3 is 2.42 bits per heavy atom. The highest BCUT2D eigenvalue weighted by Gasteiger charge is 2.17. The zero-order chi connectivity index (χ0) is 17.4. The second kappa shape index (κ2) is 5.88. The molecule has 0 spiro atoms. The molecule has 0 aliphatic rings. The molecule has 24 heavy (non-hydrogen) atoms. The van der Waals surface area contributed by atoms with Gasteiger partial charge in [0.05, 0.1) is 16.6 Å². The van der Waals surface area contributed by atoms with E-state index in [0.29, 0.717) is 22.5 Å². The van der Waals surface area contributed by atoms with Crippen LogP contribution in [0.25, 0.3) is 11.0 Å². The summed E-state index contributed by atoms with van der Waals surface area (Å²) in [7, 11) is 1.81. The van der Waals surface area contributed by atoms with Gasteiger partial charge in [-0.15, -0.1) is 0 Å². The highest BCUT2D eigenvalue weighted by molar-refractivity contribution is 6.12. The lowest BCUT2D eigenvalue weighted by Crippen LogP contribution is -2.13. The van der Waals surface area contributed by atoms with Gasteiger partial charge in [0.25, 0.3) is 5.91 Å². The van der Waals surface area contributed by atoms with Gasteiger partial charge < -0.3 is 5.32 Å². The number of carbonyl (C=O) groups excluding carboxylic acids is 2. The zero-order valence-corrected chi connectivity index (χ0v) is 14.0. The van der Waals surface area contributed by atoms with E-state index < -0.39 is 0 Å². The van der Waals surface area contributed by atoms with Gasteiger partial charge in [-0.25, -0.2) is 4.98 Å². The molecule has 0 unspecified atom stereocenters. The maximum atomic E-state index is 12.7. The van der Waals surface area contributed by atoms with Crippen LogP contribution in [-0.4, -0.2) is 26.5 Å². The molecule has 3 aromatic rings. The number of fused-ring (bicyclic) bond motifs is 1. The summed E-state index contributed by atoms with van der Waals surface area (Å²) in [4.78, 5) is 28.5. The van der Waals surface area contributed by atoms with E-state index in [1.165, 1.54) is 6.92 Å². The fourth-order valence-corrected chi connectivity index (χ4v) is 2.74. The molecule has 122 valence electrons. The number of anilines is 1. The Morgan fingerprint density at radius 2 is 1.79 bits per heavy atom. The molecule has 0 aliphatic carbocycles. The van der Waals surface area contributed by atoms with E-state index in [-0.39, 0.29) is 11.7 Å². The number of nitrogens with zero attached hydrogens (tertiary/aromatic N) is 3. The summed E-state index contributed by atoms with van der Waals surface area (Å²) in [5, 5.41) is 7.97. The van der Waals surface area contributed by atoms with Gasteiger partial charge in [-0.3, -0.25) is 14.3 Å². The summed E-state index contributed by atoms with van der Waals surface area (Å²) in [6.07, 6.45) is 0. The molecule has 1 amide bonds. The van der Waals surface area contributed by atoms with Crippen LogP contribution < -0.4 is 5.32 Å². The first-order chi connectivity index (χ1) is 11.4. The molecular formula is C18H18N4O2. The molecule has 6 heteroatoms. The minimum absolute atomic E-state index is 0.00896. The third-order valence-electron chi connectivity index (χ3n) is 3.89. The molecule has 0 atom stereocenters. The van der Waals surface area contributed by atoms with Gasteiger partial charge in [0.1, 0.15) is 0 Å². The fraction of sp³-hybridized carbons (Fsp3) is 0.222. The Morgan fingerprint density at radius 1 is 1.12 bits per heavy atom. The maximum Gasteiger partial charge on any atom is 0.256 e. The van der Waals surface area contributed by atoms with Crippen LogP contribution in [-0.2, 0) is 7.05 Å². The van der Waals surface area contributed by atoms with Crippen molar-refractivity contribution >= 4 is 28.4 Å². The van der Waals surface area contributed by atoms with Crippen molar-refractivity contribution in [3.05, 3.63) is 52.8 Å². The van der Waals surface area contributed by atoms with Crippen LogP contribution in [0.2, 0.25) is 0 Å². The van der Waals surface area contributed by atoms with Gasteiger partial charge in [0.2, 0.25) is 0 Å². The normalized spacial score (nSPS) is 10.8. The quantitative estimate of drug-likeness (QED) is 0.752. The number of hydrogen-bond acceptors (Lipinski definition) is 4. The lowest BCUT2D eigenvalue weighted by atomic mass is 10.1. The number of aromatic nitrogens is 3. The summed E-state index contributed by atoms with van der Waals surface area (Å²) < 4.78 is 1.68. The summed E-state index contributed by atoms with van der Waals surface area (Å²) in [5.41, 5.74) is 3.98. The molecule has 2 heterocycles. The average Bonchev–Trinajstić information content (AvgIpc) is 2.81. The Kier molecular flexibility index (Phi) is 3.89. The first-order valence-electron chi connectivity index (χ1n) is 7.60. The fourth-order valence-electron chi connectivity index (χ4n) is 2.74. The largest absolute Gasteiger partial charge is 0.322 e. The Bertz CT molecular complexity index is 955. The topological polar surface area (TPSA) is 76.9 Å². The molecule has 1 aromatic carbocycles. The molecular weight excluding hydrogens is 304 g/mol. The van der Waals surface area contributed by atoms with Gasteiger partial charge in [0, 0.05) is 24.0 Å². The van der Waals surface area contributed by atoms with Gasteiger partial charge in [-0.2, -0.15) is 5.10 Å². The Balaban J connectivity index is 1.98. The predicted molar refractivity (Wildman–Crippen MR) is 92.4 cm³/mol. The predicted octanol–water partition coefficient (Wildman–Crippen LogP) is 3.04.